The fourth-order valence-corrected chi connectivity index (χ4v) is 1.57. The third-order valence-electron chi connectivity index (χ3n) is 2.18. The molecule has 0 heterocycles. The molecule has 1 aromatic rings. The maximum atomic E-state index is 10.2. The summed E-state index contributed by atoms with van der Waals surface area (Å²) >= 11 is 0. The van der Waals surface area contributed by atoms with Crippen LogP contribution in [0.1, 0.15) is 11.1 Å². The van der Waals surface area contributed by atoms with Crippen LogP contribution < -0.4 is 0 Å². The van der Waals surface area contributed by atoms with Crippen molar-refractivity contribution in [3.8, 4) is 0 Å². The van der Waals surface area contributed by atoms with E-state index in [0.717, 1.165) is 17.6 Å². The number of carbonyl (C=O) groups excluding carboxylic acids is 1. The van der Waals surface area contributed by atoms with Gasteiger partial charge in [0.1, 0.15) is 0 Å². The molecule has 13 heavy (non-hydrogen) atoms. The maximum absolute atomic E-state index is 10.2. The summed E-state index contributed by atoms with van der Waals surface area (Å²) in [6, 6.07) is 8.11. The average Bonchev–Trinajstić information content (AvgIpc) is 2.19. The summed E-state index contributed by atoms with van der Waals surface area (Å²) in [5.41, 5.74) is 3.37. The molecule has 1 nitrogen and oxygen atoms in total. The lowest BCUT2D eigenvalue weighted by atomic mass is 9.93. The summed E-state index contributed by atoms with van der Waals surface area (Å²) in [6.45, 7) is 0. The van der Waals surface area contributed by atoms with E-state index in [4.69, 9.17) is 0 Å². The molecule has 0 spiro atoms. The van der Waals surface area contributed by atoms with Crippen LogP contribution in [-0.4, -0.2) is 6.29 Å². The lowest BCUT2D eigenvalue weighted by Crippen LogP contribution is -1.95. The van der Waals surface area contributed by atoms with Crippen LogP contribution in [0, 0.1) is 0 Å². The lowest BCUT2D eigenvalue weighted by molar-refractivity contribution is 0.564. The summed E-state index contributed by atoms with van der Waals surface area (Å²) in [6.07, 6.45) is 8.27. The van der Waals surface area contributed by atoms with Gasteiger partial charge in [0.15, 0.2) is 0 Å². The predicted octanol–water partition coefficient (Wildman–Crippen LogP) is 2.29. The molecule has 0 amide bonds. The van der Waals surface area contributed by atoms with Crippen molar-refractivity contribution in [1.29, 1.82) is 0 Å². The van der Waals surface area contributed by atoms with Crippen molar-refractivity contribution in [2.75, 3.05) is 0 Å². The van der Waals surface area contributed by atoms with Crippen LogP contribution in [0.5, 0.6) is 0 Å². The highest BCUT2D eigenvalue weighted by atomic mass is 16.1. The van der Waals surface area contributed by atoms with Gasteiger partial charge in [0.05, 0.1) is 0 Å². The van der Waals surface area contributed by atoms with Crippen LogP contribution in [0.15, 0.2) is 42.5 Å². The summed E-state index contributed by atoms with van der Waals surface area (Å²) in [7, 11) is 0. The van der Waals surface area contributed by atoms with E-state index in [-0.39, 0.29) is 0 Å². The highest BCUT2D eigenvalue weighted by Crippen LogP contribution is 2.24. The first-order chi connectivity index (χ1) is 6.42. The van der Waals surface area contributed by atoms with Gasteiger partial charge in [-0.05, 0) is 29.2 Å². The average molecular weight is 169 g/mol. The highest BCUT2D eigenvalue weighted by Gasteiger charge is 2.07. The minimum atomic E-state index is 0.951. The van der Waals surface area contributed by atoms with Crippen LogP contribution in [-0.2, 0) is 11.2 Å². The Kier molecular flexibility index (Phi) is 2.09. The third-order valence-corrected chi connectivity index (χ3v) is 2.18. The Morgan fingerprint density at radius 1 is 1.31 bits per heavy atom. The number of hydrogen-bond acceptors (Lipinski definition) is 1. The second-order valence-corrected chi connectivity index (χ2v) is 2.98. The molecule has 0 saturated carbocycles. The van der Waals surface area contributed by atoms with Gasteiger partial charge >= 0.3 is 0 Å². The van der Waals surface area contributed by atoms with Crippen molar-refractivity contribution in [2.45, 2.75) is 6.42 Å². The molecule has 1 aliphatic rings. The van der Waals surface area contributed by atoms with Gasteiger partial charge < -0.3 is 0 Å². The molecule has 2 rings (SSSR count). The van der Waals surface area contributed by atoms with Gasteiger partial charge in [-0.2, -0.15) is 0 Å². The minimum absolute atomic E-state index is 0.951. The summed E-state index contributed by atoms with van der Waals surface area (Å²) < 4.78 is 0. The van der Waals surface area contributed by atoms with Crippen molar-refractivity contribution >= 4 is 11.9 Å². The Labute approximate surface area is 77.4 Å². The summed E-state index contributed by atoms with van der Waals surface area (Å²) in [5, 5.41) is 0. The Hall–Kier alpha value is -1.63. The number of allylic oxidation sites excluding steroid dienone is 4. The van der Waals surface area contributed by atoms with E-state index in [2.05, 4.69) is 12.1 Å². The molecule has 0 atom stereocenters. The molecule has 0 N–H and O–H groups in total. The molecule has 0 bridgehead atoms. The SMILES string of the molecule is O=[C]C=C1C=CCc2ccccc21. The van der Waals surface area contributed by atoms with Crippen LogP contribution >= 0.6 is 0 Å². The smallest absolute Gasteiger partial charge is 0.226 e. The van der Waals surface area contributed by atoms with Gasteiger partial charge in [0, 0.05) is 0 Å². The van der Waals surface area contributed by atoms with Crippen LogP contribution in [0.4, 0.5) is 0 Å². The standard InChI is InChI=1S/C12H9O/c13-9-8-11-6-3-5-10-4-1-2-7-12(10)11/h1-4,6-8H,5H2. The van der Waals surface area contributed by atoms with Gasteiger partial charge in [0.25, 0.3) is 0 Å². The fourth-order valence-electron chi connectivity index (χ4n) is 1.57. The van der Waals surface area contributed by atoms with E-state index in [1.807, 2.05) is 30.6 Å². The van der Waals surface area contributed by atoms with E-state index in [9.17, 15) is 4.79 Å². The molecule has 1 radical (unpaired) electrons. The summed E-state index contributed by atoms with van der Waals surface area (Å²) in [4.78, 5) is 10.2. The van der Waals surface area contributed by atoms with Gasteiger partial charge in [-0.25, -0.2) is 0 Å². The van der Waals surface area contributed by atoms with Crippen LogP contribution in [0.25, 0.3) is 5.57 Å². The molecule has 1 heteroatoms. The quantitative estimate of drug-likeness (QED) is 0.589. The predicted molar refractivity (Wildman–Crippen MR) is 53.0 cm³/mol. The van der Waals surface area contributed by atoms with Crippen molar-refractivity contribution < 1.29 is 4.79 Å². The lowest BCUT2D eigenvalue weighted by Gasteiger charge is -2.12. The number of hydrogen-bond donors (Lipinski definition) is 0. The number of rotatable bonds is 1. The molecule has 0 saturated heterocycles. The Morgan fingerprint density at radius 2 is 2.15 bits per heavy atom. The molecular weight excluding hydrogens is 160 g/mol. The Morgan fingerprint density at radius 3 is 3.00 bits per heavy atom. The van der Waals surface area contributed by atoms with Gasteiger partial charge in [-0.1, -0.05) is 36.4 Å². The van der Waals surface area contributed by atoms with E-state index in [1.165, 1.54) is 11.6 Å². The first kappa shape index (κ1) is 7.99. The molecule has 0 aromatic heterocycles. The molecule has 1 aromatic carbocycles. The number of benzene rings is 1. The van der Waals surface area contributed by atoms with Crippen LogP contribution in [0.3, 0.4) is 0 Å². The molecule has 0 aliphatic heterocycles. The van der Waals surface area contributed by atoms with Crippen molar-refractivity contribution in [3.05, 3.63) is 53.6 Å². The van der Waals surface area contributed by atoms with E-state index in [0.29, 0.717) is 0 Å². The minimum Gasteiger partial charge on any atom is -0.286 e. The molecular formula is C12H9O. The molecule has 63 valence electrons. The van der Waals surface area contributed by atoms with Crippen molar-refractivity contribution in [3.63, 3.8) is 0 Å². The molecule has 0 unspecified atom stereocenters. The molecule has 1 aliphatic carbocycles. The fraction of sp³-hybridized carbons (Fsp3) is 0.0833. The second kappa shape index (κ2) is 3.40. The number of fused-ring (bicyclic) bond motifs is 1. The van der Waals surface area contributed by atoms with Crippen molar-refractivity contribution in [1.82, 2.24) is 0 Å². The van der Waals surface area contributed by atoms with Crippen molar-refractivity contribution in [2.24, 2.45) is 0 Å². The van der Waals surface area contributed by atoms with Gasteiger partial charge in [-0.15, -0.1) is 0 Å². The monoisotopic (exact) mass is 169 g/mol. The first-order valence-corrected chi connectivity index (χ1v) is 4.24. The van der Waals surface area contributed by atoms with Gasteiger partial charge in [-0.3, -0.25) is 4.79 Å². The first-order valence-electron chi connectivity index (χ1n) is 4.24. The summed E-state index contributed by atoms with van der Waals surface area (Å²) in [5.74, 6) is 0. The maximum Gasteiger partial charge on any atom is 0.226 e. The zero-order valence-corrected chi connectivity index (χ0v) is 7.16. The normalized spacial score (nSPS) is 17.1. The van der Waals surface area contributed by atoms with Crippen LogP contribution in [0.2, 0.25) is 0 Å². The second-order valence-electron chi connectivity index (χ2n) is 2.98. The molecule has 0 fully saturated rings. The third kappa shape index (κ3) is 1.45. The van der Waals surface area contributed by atoms with E-state index < -0.39 is 0 Å². The zero-order valence-electron chi connectivity index (χ0n) is 7.16. The van der Waals surface area contributed by atoms with Gasteiger partial charge in [0.2, 0.25) is 6.29 Å². The highest BCUT2D eigenvalue weighted by molar-refractivity contribution is 5.88. The van der Waals surface area contributed by atoms with E-state index in [1.54, 1.807) is 0 Å². The Balaban J connectivity index is 2.54. The zero-order chi connectivity index (χ0) is 9.10. The Bertz CT molecular complexity index is 386. The van der Waals surface area contributed by atoms with E-state index >= 15 is 0 Å². The largest absolute Gasteiger partial charge is 0.286 e. The topological polar surface area (TPSA) is 17.1 Å².